The maximum Gasteiger partial charge on any atom is 0.307 e. The van der Waals surface area contributed by atoms with E-state index < -0.39 is 11.9 Å². The van der Waals surface area contributed by atoms with Gasteiger partial charge in [-0.3, -0.25) is 14.5 Å². The van der Waals surface area contributed by atoms with Crippen LogP contribution < -0.4 is 5.32 Å². The number of carboxylic acid groups (broad SMARTS) is 1. The van der Waals surface area contributed by atoms with Crippen molar-refractivity contribution in [1.82, 2.24) is 4.90 Å². The standard InChI is InChI=1S/C16H24N2O3/c1-4-9-18(10-13(3)16(20)21)11-15(19)17-14-8-6-5-7-12(14)2/h5-8,13H,4,9-11H2,1-3H3,(H,17,19)(H,20,21). The molecule has 0 saturated carbocycles. The SMILES string of the molecule is CCCN(CC(=O)Nc1ccccc1C)CC(C)C(=O)O. The molecule has 1 atom stereocenters. The molecule has 0 saturated heterocycles. The quantitative estimate of drug-likeness (QED) is 0.771. The lowest BCUT2D eigenvalue weighted by Crippen LogP contribution is -2.38. The van der Waals surface area contributed by atoms with Gasteiger partial charge >= 0.3 is 5.97 Å². The van der Waals surface area contributed by atoms with Gasteiger partial charge in [0.1, 0.15) is 0 Å². The van der Waals surface area contributed by atoms with Crippen molar-refractivity contribution in [2.75, 3.05) is 25.0 Å². The topological polar surface area (TPSA) is 69.6 Å². The highest BCUT2D eigenvalue weighted by Gasteiger charge is 2.18. The van der Waals surface area contributed by atoms with Crippen molar-refractivity contribution in [3.8, 4) is 0 Å². The number of anilines is 1. The van der Waals surface area contributed by atoms with Gasteiger partial charge in [-0.1, -0.05) is 32.0 Å². The van der Waals surface area contributed by atoms with Gasteiger partial charge in [-0.05, 0) is 31.5 Å². The highest BCUT2D eigenvalue weighted by atomic mass is 16.4. The molecule has 0 aliphatic rings. The summed E-state index contributed by atoms with van der Waals surface area (Å²) in [6.45, 7) is 6.90. The van der Waals surface area contributed by atoms with Crippen molar-refractivity contribution in [3.63, 3.8) is 0 Å². The molecule has 0 aromatic heterocycles. The van der Waals surface area contributed by atoms with Crippen LogP contribution in [0.15, 0.2) is 24.3 Å². The first kappa shape index (κ1) is 17.2. The summed E-state index contributed by atoms with van der Waals surface area (Å²) in [6, 6.07) is 7.59. The summed E-state index contributed by atoms with van der Waals surface area (Å²) in [5, 5.41) is 11.9. The minimum atomic E-state index is -0.838. The fraction of sp³-hybridized carbons (Fsp3) is 0.500. The predicted molar refractivity (Wildman–Crippen MR) is 83.3 cm³/mol. The molecule has 5 nitrogen and oxygen atoms in total. The number of amides is 1. The van der Waals surface area contributed by atoms with E-state index >= 15 is 0 Å². The maximum absolute atomic E-state index is 12.1. The van der Waals surface area contributed by atoms with Crippen molar-refractivity contribution < 1.29 is 14.7 Å². The van der Waals surface area contributed by atoms with Gasteiger partial charge in [0, 0.05) is 12.2 Å². The summed E-state index contributed by atoms with van der Waals surface area (Å²) < 4.78 is 0. The van der Waals surface area contributed by atoms with E-state index in [2.05, 4.69) is 5.32 Å². The first-order valence-corrected chi connectivity index (χ1v) is 7.24. The van der Waals surface area contributed by atoms with Crippen LogP contribution in [0.2, 0.25) is 0 Å². The Balaban J connectivity index is 2.60. The molecule has 0 heterocycles. The molecule has 1 rings (SSSR count). The Hall–Kier alpha value is -1.88. The summed E-state index contributed by atoms with van der Waals surface area (Å²) in [5.74, 6) is -1.44. The molecule has 0 aliphatic heterocycles. The van der Waals surface area contributed by atoms with Gasteiger partial charge in [-0.2, -0.15) is 0 Å². The van der Waals surface area contributed by atoms with Crippen LogP contribution in [0.5, 0.6) is 0 Å². The Morgan fingerprint density at radius 1 is 1.33 bits per heavy atom. The van der Waals surface area contributed by atoms with Crippen LogP contribution >= 0.6 is 0 Å². The molecule has 0 bridgehead atoms. The van der Waals surface area contributed by atoms with E-state index in [0.717, 1.165) is 17.7 Å². The maximum atomic E-state index is 12.1. The lowest BCUT2D eigenvalue weighted by Gasteiger charge is -2.23. The molecule has 0 spiro atoms. The Morgan fingerprint density at radius 3 is 2.57 bits per heavy atom. The van der Waals surface area contributed by atoms with Gasteiger partial charge < -0.3 is 10.4 Å². The highest BCUT2D eigenvalue weighted by Crippen LogP contribution is 2.13. The summed E-state index contributed by atoms with van der Waals surface area (Å²) in [5.41, 5.74) is 1.80. The molecule has 0 aliphatic carbocycles. The molecular formula is C16H24N2O3. The van der Waals surface area contributed by atoms with E-state index in [-0.39, 0.29) is 12.5 Å². The van der Waals surface area contributed by atoms with Crippen molar-refractivity contribution in [1.29, 1.82) is 0 Å². The fourth-order valence-electron chi connectivity index (χ4n) is 2.12. The Labute approximate surface area is 126 Å². The van der Waals surface area contributed by atoms with Crippen LogP contribution in [0.1, 0.15) is 25.8 Å². The zero-order chi connectivity index (χ0) is 15.8. The number of rotatable bonds is 8. The minimum absolute atomic E-state index is 0.115. The number of para-hydroxylation sites is 1. The van der Waals surface area contributed by atoms with Gasteiger partial charge in [-0.15, -0.1) is 0 Å². The Kier molecular flexibility index (Phi) is 6.88. The molecule has 116 valence electrons. The fourth-order valence-corrected chi connectivity index (χ4v) is 2.12. The zero-order valence-corrected chi connectivity index (χ0v) is 12.9. The monoisotopic (exact) mass is 292 g/mol. The smallest absolute Gasteiger partial charge is 0.307 e. The lowest BCUT2D eigenvalue weighted by molar-refractivity contribution is -0.142. The van der Waals surface area contributed by atoms with Crippen molar-refractivity contribution >= 4 is 17.6 Å². The number of aliphatic carboxylic acids is 1. The Bertz CT molecular complexity index is 488. The van der Waals surface area contributed by atoms with Gasteiger partial charge in [0.15, 0.2) is 0 Å². The summed E-state index contributed by atoms with van der Waals surface area (Å²) in [6.07, 6.45) is 0.879. The molecule has 1 aromatic rings. The molecule has 0 radical (unpaired) electrons. The number of nitrogens with one attached hydrogen (secondary N) is 1. The summed E-state index contributed by atoms with van der Waals surface area (Å²) in [7, 11) is 0. The normalized spacial score (nSPS) is 12.2. The summed E-state index contributed by atoms with van der Waals surface area (Å²) >= 11 is 0. The van der Waals surface area contributed by atoms with E-state index in [1.54, 1.807) is 6.92 Å². The number of carbonyl (C=O) groups excluding carboxylic acids is 1. The van der Waals surface area contributed by atoms with Crippen LogP contribution in [0.25, 0.3) is 0 Å². The number of aryl methyl sites for hydroxylation is 1. The van der Waals surface area contributed by atoms with Gasteiger partial charge in [0.25, 0.3) is 0 Å². The second kappa shape index (κ2) is 8.42. The van der Waals surface area contributed by atoms with Gasteiger partial charge in [-0.25, -0.2) is 0 Å². The number of benzene rings is 1. The molecule has 21 heavy (non-hydrogen) atoms. The third kappa shape index (κ3) is 5.95. The molecule has 1 aromatic carbocycles. The zero-order valence-electron chi connectivity index (χ0n) is 12.9. The number of carbonyl (C=O) groups is 2. The van der Waals surface area contributed by atoms with Crippen LogP contribution in [0.4, 0.5) is 5.69 Å². The average molecular weight is 292 g/mol. The second-order valence-corrected chi connectivity index (χ2v) is 5.34. The van der Waals surface area contributed by atoms with E-state index in [9.17, 15) is 9.59 Å². The van der Waals surface area contributed by atoms with Crippen molar-refractivity contribution in [3.05, 3.63) is 29.8 Å². The van der Waals surface area contributed by atoms with Crippen LogP contribution in [0, 0.1) is 12.8 Å². The molecule has 1 amide bonds. The first-order chi connectivity index (χ1) is 9.93. The van der Waals surface area contributed by atoms with Crippen LogP contribution in [0.3, 0.4) is 0 Å². The first-order valence-electron chi connectivity index (χ1n) is 7.24. The van der Waals surface area contributed by atoms with E-state index in [0.29, 0.717) is 13.1 Å². The van der Waals surface area contributed by atoms with E-state index in [4.69, 9.17) is 5.11 Å². The van der Waals surface area contributed by atoms with E-state index in [1.807, 2.05) is 43.0 Å². The van der Waals surface area contributed by atoms with Crippen molar-refractivity contribution in [2.45, 2.75) is 27.2 Å². The Morgan fingerprint density at radius 2 is 2.00 bits per heavy atom. The number of carboxylic acids is 1. The van der Waals surface area contributed by atoms with Gasteiger partial charge in [0.2, 0.25) is 5.91 Å². The largest absolute Gasteiger partial charge is 0.481 e. The molecule has 2 N–H and O–H groups in total. The molecule has 5 heteroatoms. The van der Waals surface area contributed by atoms with Gasteiger partial charge in [0.05, 0.1) is 12.5 Å². The highest BCUT2D eigenvalue weighted by molar-refractivity contribution is 5.92. The van der Waals surface area contributed by atoms with Crippen LogP contribution in [-0.2, 0) is 9.59 Å². The predicted octanol–water partition coefficient (Wildman–Crippen LogP) is 2.37. The minimum Gasteiger partial charge on any atom is -0.481 e. The lowest BCUT2D eigenvalue weighted by atomic mass is 10.1. The summed E-state index contributed by atoms with van der Waals surface area (Å²) in [4.78, 5) is 24.9. The number of hydrogen-bond donors (Lipinski definition) is 2. The van der Waals surface area contributed by atoms with Crippen molar-refractivity contribution in [2.24, 2.45) is 5.92 Å². The molecule has 1 unspecified atom stereocenters. The third-order valence-electron chi connectivity index (χ3n) is 3.28. The average Bonchev–Trinajstić information content (AvgIpc) is 2.41. The van der Waals surface area contributed by atoms with E-state index in [1.165, 1.54) is 0 Å². The number of nitrogens with zero attached hydrogens (tertiary/aromatic N) is 1. The number of hydrogen-bond acceptors (Lipinski definition) is 3. The second-order valence-electron chi connectivity index (χ2n) is 5.34. The third-order valence-corrected chi connectivity index (χ3v) is 3.28. The molecular weight excluding hydrogens is 268 g/mol. The molecule has 0 fully saturated rings. The van der Waals surface area contributed by atoms with Crippen LogP contribution in [-0.4, -0.2) is 41.5 Å².